The molecule has 1 unspecified atom stereocenters. The first-order valence-corrected chi connectivity index (χ1v) is 10.2. The third-order valence-electron chi connectivity index (χ3n) is 5.60. The number of rotatable bonds is 8. The molecular formula is C23H31N3O3. The Labute approximate surface area is 173 Å². The molecule has 0 saturated carbocycles. The van der Waals surface area contributed by atoms with E-state index in [1.54, 1.807) is 26.4 Å². The van der Waals surface area contributed by atoms with Crippen LogP contribution < -0.4 is 14.8 Å². The third-order valence-corrected chi connectivity index (χ3v) is 5.60. The Kier molecular flexibility index (Phi) is 7.49. The van der Waals surface area contributed by atoms with Crippen molar-refractivity contribution in [2.75, 3.05) is 53.5 Å². The van der Waals surface area contributed by atoms with E-state index < -0.39 is 0 Å². The number of methoxy groups -OCH3 is 2. The van der Waals surface area contributed by atoms with E-state index in [2.05, 4.69) is 34.2 Å². The maximum atomic E-state index is 12.8. The van der Waals surface area contributed by atoms with Gasteiger partial charge in [-0.2, -0.15) is 0 Å². The molecule has 1 heterocycles. The Bertz CT molecular complexity index is 786. The van der Waals surface area contributed by atoms with Crippen molar-refractivity contribution in [2.45, 2.75) is 13.0 Å². The molecule has 1 aliphatic heterocycles. The van der Waals surface area contributed by atoms with Crippen LogP contribution in [-0.4, -0.2) is 69.2 Å². The molecule has 0 aliphatic carbocycles. The number of hydrogen-bond donors (Lipinski definition) is 1. The van der Waals surface area contributed by atoms with Crippen molar-refractivity contribution in [3.63, 3.8) is 0 Å². The molecule has 29 heavy (non-hydrogen) atoms. The SMILES string of the molecule is CCN1CCN(C(CNC(=O)c2ccccc2OC)c2ccc(OC)cc2)CC1. The topological polar surface area (TPSA) is 54.0 Å². The van der Waals surface area contributed by atoms with Crippen molar-refractivity contribution in [1.29, 1.82) is 0 Å². The lowest BCUT2D eigenvalue weighted by molar-refractivity contribution is 0.0853. The lowest BCUT2D eigenvalue weighted by atomic mass is 10.0. The number of likely N-dealkylation sites (N-methyl/N-ethyl adjacent to an activating group) is 1. The second kappa shape index (κ2) is 10.3. The van der Waals surface area contributed by atoms with Crippen molar-refractivity contribution in [3.8, 4) is 11.5 Å². The van der Waals surface area contributed by atoms with Gasteiger partial charge >= 0.3 is 0 Å². The minimum Gasteiger partial charge on any atom is -0.497 e. The van der Waals surface area contributed by atoms with Crippen LogP contribution in [0.3, 0.4) is 0 Å². The Balaban J connectivity index is 1.74. The van der Waals surface area contributed by atoms with E-state index in [9.17, 15) is 4.79 Å². The second-order valence-corrected chi connectivity index (χ2v) is 7.17. The number of piperazine rings is 1. The zero-order valence-corrected chi connectivity index (χ0v) is 17.6. The van der Waals surface area contributed by atoms with Gasteiger partial charge in [-0.15, -0.1) is 0 Å². The van der Waals surface area contributed by atoms with E-state index >= 15 is 0 Å². The summed E-state index contributed by atoms with van der Waals surface area (Å²) in [6, 6.07) is 15.6. The number of hydrogen-bond acceptors (Lipinski definition) is 5. The molecule has 0 aromatic heterocycles. The molecule has 0 bridgehead atoms. The lowest BCUT2D eigenvalue weighted by Gasteiger charge is -2.39. The highest BCUT2D eigenvalue weighted by atomic mass is 16.5. The zero-order valence-electron chi connectivity index (χ0n) is 17.6. The monoisotopic (exact) mass is 397 g/mol. The van der Waals surface area contributed by atoms with Gasteiger partial charge in [-0.25, -0.2) is 0 Å². The first kappa shape index (κ1) is 21.1. The molecule has 1 fully saturated rings. The molecule has 2 aromatic rings. The largest absolute Gasteiger partial charge is 0.497 e. The van der Waals surface area contributed by atoms with Crippen LogP contribution in [0.25, 0.3) is 0 Å². The molecule has 156 valence electrons. The van der Waals surface area contributed by atoms with Crippen LogP contribution in [0.5, 0.6) is 11.5 Å². The fraction of sp³-hybridized carbons (Fsp3) is 0.435. The fourth-order valence-corrected chi connectivity index (χ4v) is 3.79. The molecule has 1 N–H and O–H groups in total. The van der Waals surface area contributed by atoms with Gasteiger partial charge in [0, 0.05) is 32.7 Å². The van der Waals surface area contributed by atoms with E-state index in [-0.39, 0.29) is 11.9 Å². The molecule has 1 atom stereocenters. The molecule has 1 amide bonds. The van der Waals surface area contributed by atoms with Crippen molar-refractivity contribution in [3.05, 3.63) is 59.7 Å². The maximum Gasteiger partial charge on any atom is 0.255 e. The van der Waals surface area contributed by atoms with Crippen LogP contribution in [0.2, 0.25) is 0 Å². The van der Waals surface area contributed by atoms with Crippen LogP contribution in [0.15, 0.2) is 48.5 Å². The Morgan fingerprint density at radius 3 is 2.31 bits per heavy atom. The minimum absolute atomic E-state index is 0.110. The van der Waals surface area contributed by atoms with E-state index in [4.69, 9.17) is 9.47 Å². The highest BCUT2D eigenvalue weighted by Gasteiger charge is 2.25. The number of nitrogens with zero attached hydrogens (tertiary/aromatic N) is 2. The van der Waals surface area contributed by atoms with Gasteiger partial charge in [-0.1, -0.05) is 31.2 Å². The van der Waals surface area contributed by atoms with Crippen LogP contribution in [0.1, 0.15) is 28.9 Å². The van der Waals surface area contributed by atoms with Gasteiger partial charge in [0.1, 0.15) is 11.5 Å². The lowest BCUT2D eigenvalue weighted by Crippen LogP contribution is -2.49. The summed E-state index contributed by atoms with van der Waals surface area (Å²) >= 11 is 0. The molecule has 6 heteroatoms. The van der Waals surface area contributed by atoms with Crippen LogP contribution in [0.4, 0.5) is 0 Å². The third kappa shape index (κ3) is 5.28. The van der Waals surface area contributed by atoms with Crippen molar-refractivity contribution < 1.29 is 14.3 Å². The van der Waals surface area contributed by atoms with Crippen LogP contribution in [0, 0.1) is 0 Å². The summed E-state index contributed by atoms with van der Waals surface area (Å²) in [5, 5.41) is 3.12. The normalized spacial score (nSPS) is 16.2. The summed E-state index contributed by atoms with van der Waals surface area (Å²) in [5.41, 5.74) is 1.73. The summed E-state index contributed by atoms with van der Waals surface area (Å²) in [6.45, 7) is 7.86. The van der Waals surface area contributed by atoms with Gasteiger partial charge in [0.2, 0.25) is 0 Å². The van der Waals surface area contributed by atoms with Crippen molar-refractivity contribution in [1.82, 2.24) is 15.1 Å². The first-order chi connectivity index (χ1) is 14.2. The Hall–Kier alpha value is -2.57. The number of nitrogens with one attached hydrogen (secondary N) is 1. The quantitative estimate of drug-likeness (QED) is 0.742. The summed E-state index contributed by atoms with van der Waals surface area (Å²) < 4.78 is 10.6. The Morgan fingerprint density at radius 1 is 1.00 bits per heavy atom. The van der Waals surface area contributed by atoms with Crippen LogP contribution >= 0.6 is 0 Å². The predicted molar refractivity (Wildman–Crippen MR) is 115 cm³/mol. The van der Waals surface area contributed by atoms with Gasteiger partial charge in [0.25, 0.3) is 5.91 Å². The second-order valence-electron chi connectivity index (χ2n) is 7.17. The number of para-hydroxylation sites is 1. The highest BCUT2D eigenvalue weighted by molar-refractivity contribution is 5.96. The van der Waals surface area contributed by atoms with Crippen LogP contribution in [-0.2, 0) is 0 Å². The standard InChI is InChI=1S/C23H31N3O3/c1-4-25-13-15-26(16-14-25)21(18-9-11-19(28-2)12-10-18)17-24-23(27)20-7-5-6-8-22(20)29-3/h5-12,21H,4,13-17H2,1-3H3,(H,24,27). The summed E-state index contributed by atoms with van der Waals surface area (Å²) in [6.07, 6.45) is 0. The number of carbonyl (C=O) groups is 1. The number of benzene rings is 2. The Morgan fingerprint density at radius 2 is 1.69 bits per heavy atom. The van der Waals surface area contributed by atoms with Crippen molar-refractivity contribution in [2.24, 2.45) is 0 Å². The number of carbonyl (C=O) groups excluding carboxylic acids is 1. The molecular weight excluding hydrogens is 366 g/mol. The van der Waals surface area contributed by atoms with E-state index in [1.165, 1.54) is 5.56 Å². The van der Waals surface area contributed by atoms with Gasteiger partial charge in [0.05, 0.1) is 25.8 Å². The summed E-state index contributed by atoms with van der Waals surface area (Å²) in [5.74, 6) is 1.30. The summed E-state index contributed by atoms with van der Waals surface area (Å²) in [4.78, 5) is 17.7. The number of amides is 1. The smallest absolute Gasteiger partial charge is 0.255 e. The average Bonchev–Trinajstić information content (AvgIpc) is 2.79. The molecule has 0 spiro atoms. The number of ether oxygens (including phenoxy) is 2. The maximum absolute atomic E-state index is 12.8. The van der Waals surface area contributed by atoms with E-state index in [0.717, 1.165) is 38.5 Å². The van der Waals surface area contributed by atoms with Gasteiger partial charge in [-0.05, 0) is 36.4 Å². The van der Waals surface area contributed by atoms with Gasteiger partial charge in [-0.3, -0.25) is 9.69 Å². The first-order valence-electron chi connectivity index (χ1n) is 10.2. The predicted octanol–water partition coefficient (Wildman–Crippen LogP) is 2.81. The van der Waals surface area contributed by atoms with Gasteiger partial charge < -0.3 is 19.7 Å². The molecule has 1 aliphatic rings. The minimum atomic E-state index is -0.117. The molecule has 6 nitrogen and oxygen atoms in total. The van der Waals surface area contributed by atoms with Gasteiger partial charge in [0.15, 0.2) is 0 Å². The van der Waals surface area contributed by atoms with E-state index in [0.29, 0.717) is 17.9 Å². The highest BCUT2D eigenvalue weighted by Crippen LogP contribution is 2.25. The molecule has 1 saturated heterocycles. The molecule has 3 rings (SSSR count). The molecule has 2 aromatic carbocycles. The van der Waals surface area contributed by atoms with E-state index in [1.807, 2.05) is 24.3 Å². The average molecular weight is 398 g/mol. The van der Waals surface area contributed by atoms with Crippen molar-refractivity contribution >= 4 is 5.91 Å². The molecule has 0 radical (unpaired) electrons. The zero-order chi connectivity index (χ0) is 20.6. The fourth-order valence-electron chi connectivity index (χ4n) is 3.79. The summed E-state index contributed by atoms with van der Waals surface area (Å²) in [7, 11) is 3.25.